The summed E-state index contributed by atoms with van der Waals surface area (Å²) in [6.07, 6.45) is 7.41. The van der Waals surface area contributed by atoms with Gasteiger partial charge in [-0.3, -0.25) is 4.79 Å². The third-order valence-corrected chi connectivity index (χ3v) is 7.28. The van der Waals surface area contributed by atoms with E-state index < -0.39 is 17.4 Å². The first-order valence-corrected chi connectivity index (χ1v) is 10.4. The van der Waals surface area contributed by atoms with E-state index in [1.54, 1.807) is 0 Å². The first-order chi connectivity index (χ1) is 13.0. The lowest BCUT2D eigenvalue weighted by molar-refractivity contribution is -0.0191. The highest BCUT2D eigenvalue weighted by atomic mass is 32.2. The molecule has 0 spiro atoms. The first kappa shape index (κ1) is 17.3. The summed E-state index contributed by atoms with van der Waals surface area (Å²) in [5, 5.41) is 8.77. The number of rotatable bonds is 5. The van der Waals surface area contributed by atoms with Gasteiger partial charge in [0, 0.05) is 11.5 Å². The van der Waals surface area contributed by atoms with E-state index >= 15 is 0 Å². The minimum Gasteiger partial charge on any atom is -0.415 e. The fourth-order valence-electron chi connectivity index (χ4n) is 5.78. The second kappa shape index (κ2) is 6.40. The van der Waals surface area contributed by atoms with E-state index in [1.165, 1.54) is 25.3 Å². The van der Waals surface area contributed by atoms with Crippen LogP contribution in [0.4, 0.5) is 8.78 Å². The third-order valence-electron chi connectivity index (χ3n) is 6.46. The van der Waals surface area contributed by atoms with Gasteiger partial charge in [-0.15, -0.1) is 10.2 Å². The minimum atomic E-state index is -0.847. The normalized spacial score (nSPS) is 31.4. The number of Topliss-reactive ketones (excluding diaryl/α,β-unsaturated/α-hetero) is 1. The van der Waals surface area contributed by atoms with Crippen LogP contribution in [0.2, 0.25) is 0 Å². The Balaban J connectivity index is 1.28. The maximum absolute atomic E-state index is 13.7. The number of hydrogen-bond donors (Lipinski definition) is 0. The molecule has 0 radical (unpaired) electrons. The Kier molecular flexibility index (Phi) is 4.11. The third kappa shape index (κ3) is 3.10. The topological polar surface area (TPSA) is 56.0 Å². The Labute approximate surface area is 160 Å². The number of benzene rings is 1. The number of thioether (sulfide) groups is 1. The highest BCUT2D eigenvalue weighted by Gasteiger charge is 2.54. The first-order valence-electron chi connectivity index (χ1n) is 9.46. The molecule has 7 heteroatoms. The van der Waals surface area contributed by atoms with Gasteiger partial charge >= 0.3 is 0 Å². The van der Waals surface area contributed by atoms with Crippen LogP contribution in [0.5, 0.6) is 0 Å². The second-order valence-corrected chi connectivity index (χ2v) is 9.33. The summed E-state index contributed by atoms with van der Waals surface area (Å²) in [4.78, 5) is 12.2. The molecule has 4 aliphatic carbocycles. The summed E-state index contributed by atoms with van der Waals surface area (Å²) < 4.78 is 32.7. The number of ketones is 1. The van der Waals surface area contributed by atoms with Gasteiger partial charge in [0.2, 0.25) is 5.89 Å². The van der Waals surface area contributed by atoms with Gasteiger partial charge in [0.15, 0.2) is 5.78 Å². The SMILES string of the molecule is O=C(CSc1nnc(C23CC4CC(CC(C4)C2)C3)o1)c1ccc(F)cc1F. The molecule has 4 aliphatic rings. The predicted octanol–water partition coefficient (Wildman–Crippen LogP) is 4.79. The van der Waals surface area contributed by atoms with Crippen LogP contribution >= 0.6 is 11.8 Å². The van der Waals surface area contributed by atoms with Gasteiger partial charge in [-0.2, -0.15) is 0 Å². The maximum atomic E-state index is 13.7. The lowest BCUT2D eigenvalue weighted by atomic mass is 9.49. The number of halogens is 2. The van der Waals surface area contributed by atoms with Crippen molar-refractivity contribution < 1.29 is 18.0 Å². The average molecular weight is 390 g/mol. The molecular weight excluding hydrogens is 370 g/mol. The number of aromatic nitrogens is 2. The Morgan fingerprint density at radius 1 is 1.11 bits per heavy atom. The molecule has 0 amide bonds. The minimum absolute atomic E-state index is 0.0215. The van der Waals surface area contributed by atoms with Crippen LogP contribution in [0.25, 0.3) is 0 Å². The van der Waals surface area contributed by atoms with Crippen molar-refractivity contribution in [2.75, 3.05) is 5.75 Å². The molecule has 142 valence electrons. The van der Waals surface area contributed by atoms with E-state index in [9.17, 15) is 13.6 Å². The van der Waals surface area contributed by atoms with E-state index in [1.807, 2.05) is 0 Å². The molecular formula is C20H20F2N2O2S. The molecule has 0 saturated heterocycles. The van der Waals surface area contributed by atoms with Crippen LogP contribution in [-0.4, -0.2) is 21.7 Å². The lowest BCUT2D eigenvalue weighted by Crippen LogP contribution is -2.48. The molecule has 0 aliphatic heterocycles. The Hall–Kier alpha value is -1.76. The summed E-state index contributed by atoms with van der Waals surface area (Å²) in [6, 6.07) is 2.97. The Bertz CT molecular complexity index is 863. The smallest absolute Gasteiger partial charge is 0.277 e. The van der Waals surface area contributed by atoms with Gasteiger partial charge < -0.3 is 4.42 Å². The number of carbonyl (C=O) groups excluding carboxylic acids is 1. The van der Waals surface area contributed by atoms with Gasteiger partial charge in [-0.25, -0.2) is 8.78 Å². The van der Waals surface area contributed by atoms with Crippen molar-refractivity contribution in [2.24, 2.45) is 17.8 Å². The number of hydrogen-bond acceptors (Lipinski definition) is 5. The van der Waals surface area contributed by atoms with Gasteiger partial charge in [0.05, 0.1) is 11.3 Å². The fraction of sp³-hybridized carbons (Fsp3) is 0.550. The van der Waals surface area contributed by atoms with Crippen LogP contribution in [0.15, 0.2) is 27.8 Å². The van der Waals surface area contributed by atoms with Crippen LogP contribution in [0, 0.1) is 29.4 Å². The molecule has 0 atom stereocenters. The monoisotopic (exact) mass is 390 g/mol. The van der Waals surface area contributed by atoms with Crippen LogP contribution < -0.4 is 0 Å². The molecule has 6 rings (SSSR count). The molecule has 0 N–H and O–H groups in total. The summed E-state index contributed by atoms with van der Waals surface area (Å²) in [5.74, 6) is 1.06. The van der Waals surface area contributed by atoms with Gasteiger partial charge in [0.1, 0.15) is 11.6 Å². The molecule has 2 aromatic rings. The van der Waals surface area contributed by atoms with E-state index in [2.05, 4.69) is 10.2 Å². The van der Waals surface area contributed by atoms with Crippen LogP contribution in [0.1, 0.15) is 54.8 Å². The van der Waals surface area contributed by atoms with Crippen LogP contribution in [0.3, 0.4) is 0 Å². The molecule has 1 aromatic heterocycles. The summed E-state index contributed by atoms with van der Waals surface area (Å²) in [7, 11) is 0. The predicted molar refractivity (Wildman–Crippen MR) is 95.6 cm³/mol. The standard InChI is InChI=1S/C20H20F2N2O2S/c21-14-1-2-15(16(22)6-14)17(25)10-27-19-24-23-18(26-19)20-7-11-3-12(8-20)5-13(4-11)9-20/h1-2,6,11-13H,3-5,7-10H2. The van der Waals surface area contributed by atoms with E-state index in [-0.39, 0.29) is 16.7 Å². The fourth-order valence-corrected chi connectivity index (χ4v) is 6.42. The van der Waals surface area contributed by atoms with Gasteiger partial charge in [-0.05, 0) is 68.4 Å². The zero-order valence-electron chi connectivity index (χ0n) is 14.8. The molecule has 4 nitrogen and oxygen atoms in total. The van der Waals surface area contributed by atoms with Crippen molar-refractivity contribution in [3.8, 4) is 0 Å². The van der Waals surface area contributed by atoms with Crippen molar-refractivity contribution in [3.63, 3.8) is 0 Å². The molecule has 1 aromatic carbocycles. The van der Waals surface area contributed by atoms with Crippen molar-refractivity contribution in [1.82, 2.24) is 10.2 Å². The average Bonchev–Trinajstić information content (AvgIpc) is 3.08. The number of carbonyl (C=O) groups is 1. The second-order valence-electron chi connectivity index (χ2n) is 8.41. The zero-order chi connectivity index (χ0) is 18.6. The summed E-state index contributed by atoms with van der Waals surface area (Å²) in [6.45, 7) is 0. The lowest BCUT2D eigenvalue weighted by Gasteiger charge is -2.55. The Morgan fingerprint density at radius 2 is 1.78 bits per heavy atom. The molecule has 4 saturated carbocycles. The zero-order valence-corrected chi connectivity index (χ0v) is 15.6. The molecule has 0 unspecified atom stereocenters. The van der Waals surface area contributed by atoms with Gasteiger partial charge in [0.25, 0.3) is 5.22 Å². The van der Waals surface area contributed by atoms with E-state index in [0.29, 0.717) is 11.1 Å². The highest BCUT2D eigenvalue weighted by Crippen LogP contribution is 2.60. The highest BCUT2D eigenvalue weighted by molar-refractivity contribution is 7.99. The Morgan fingerprint density at radius 3 is 2.41 bits per heavy atom. The number of nitrogens with zero attached hydrogens (tertiary/aromatic N) is 2. The summed E-state index contributed by atoms with van der Waals surface area (Å²) >= 11 is 1.11. The van der Waals surface area contributed by atoms with Gasteiger partial charge in [-0.1, -0.05) is 11.8 Å². The molecule has 4 fully saturated rings. The quantitative estimate of drug-likeness (QED) is 0.543. The maximum Gasteiger partial charge on any atom is 0.277 e. The van der Waals surface area contributed by atoms with E-state index in [4.69, 9.17) is 4.42 Å². The van der Waals surface area contributed by atoms with Crippen molar-refractivity contribution >= 4 is 17.5 Å². The molecule has 27 heavy (non-hydrogen) atoms. The van der Waals surface area contributed by atoms with Crippen LogP contribution in [-0.2, 0) is 5.41 Å². The van der Waals surface area contributed by atoms with Crippen molar-refractivity contribution in [3.05, 3.63) is 41.3 Å². The summed E-state index contributed by atoms with van der Waals surface area (Å²) in [5.41, 5.74) is -0.0992. The molecule has 4 bridgehead atoms. The van der Waals surface area contributed by atoms with E-state index in [0.717, 1.165) is 60.9 Å². The van der Waals surface area contributed by atoms with Crippen molar-refractivity contribution in [2.45, 2.75) is 49.2 Å². The van der Waals surface area contributed by atoms with Crippen molar-refractivity contribution in [1.29, 1.82) is 0 Å². The molecule has 1 heterocycles. The largest absolute Gasteiger partial charge is 0.415 e.